The van der Waals surface area contributed by atoms with E-state index in [4.69, 9.17) is 5.73 Å². The molecular weight excluding hydrogens is 410 g/mol. The number of carboxylic acid groups (broad SMARTS) is 1. The minimum atomic E-state index is -0.997. The van der Waals surface area contributed by atoms with Gasteiger partial charge in [0, 0.05) is 18.5 Å². The summed E-state index contributed by atoms with van der Waals surface area (Å²) >= 11 is 0. The Morgan fingerprint density at radius 2 is 1.94 bits per heavy atom. The van der Waals surface area contributed by atoms with Gasteiger partial charge in [0.25, 0.3) is 5.91 Å². The van der Waals surface area contributed by atoms with Crippen LogP contribution in [0.15, 0.2) is 47.7 Å². The number of benzene rings is 1. The van der Waals surface area contributed by atoms with E-state index >= 15 is 0 Å². The van der Waals surface area contributed by atoms with Gasteiger partial charge in [-0.25, -0.2) is 9.59 Å². The van der Waals surface area contributed by atoms with Gasteiger partial charge in [0.05, 0.1) is 17.3 Å². The zero-order chi connectivity index (χ0) is 23.3. The van der Waals surface area contributed by atoms with Crippen LogP contribution in [-0.4, -0.2) is 52.4 Å². The van der Waals surface area contributed by atoms with E-state index in [1.165, 1.54) is 4.90 Å². The normalized spacial score (nSPS) is 20.3. The van der Waals surface area contributed by atoms with Crippen LogP contribution in [0.3, 0.4) is 0 Å². The summed E-state index contributed by atoms with van der Waals surface area (Å²) in [6, 6.07) is 5.10. The summed E-state index contributed by atoms with van der Waals surface area (Å²) in [6.07, 6.45) is 6.48. The number of hydrogen-bond acceptors (Lipinski definition) is 5. The first-order valence-corrected chi connectivity index (χ1v) is 10.7. The number of allylic oxidation sites excluding steroid dienone is 2. The number of likely N-dealkylation sites (tertiary alicyclic amines) is 1. The number of carboxylic acids is 1. The van der Waals surface area contributed by atoms with Gasteiger partial charge < -0.3 is 21.1 Å². The first-order valence-electron chi connectivity index (χ1n) is 10.7. The average molecular weight is 437 g/mol. The third-order valence-electron chi connectivity index (χ3n) is 5.77. The fourth-order valence-corrected chi connectivity index (χ4v) is 3.98. The molecule has 168 valence electrons. The van der Waals surface area contributed by atoms with E-state index in [2.05, 4.69) is 5.32 Å². The van der Waals surface area contributed by atoms with Crippen molar-refractivity contribution in [2.45, 2.75) is 51.1 Å². The summed E-state index contributed by atoms with van der Waals surface area (Å²) in [7, 11) is 0. The van der Waals surface area contributed by atoms with Crippen LogP contribution in [0, 0.1) is 0 Å². The fourth-order valence-electron chi connectivity index (χ4n) is 3.98. The van der Waals surface area contributed by atoms with Crippen LogP contribution in [0.1, 0.15) is 54.9 Å². The van der Waals surface area contributed by atoms with Gasteiger partial charge in [-0.3, -0.25) is 9.59 Å². The summed E-state index contributed by atoms with van der Waals surface area (Å²) in [5.74, 6) is 0.345. The number of nitrogens with two attached hydrogens (primary N) is 1. The third-order valence-corrected chi connectivity index (χ3v) is 5.77. The molecule has 1 saturated heterocycles. The molecule has 0 aromatic heterocycles. The molecule has 0 bridgehead atoms. The number of carbonyl (C=O) groups is 3. The number of rotatable bonds is 7. The SMILES string of the molecule is CCCCC(=O)NC1=CC=C(c2ccc(C(=O)N3CCC[C@H]3C(=O)O)cc2)C(N)C1=C=O. The molecule has 1 fully saturated rings. The van der Waals surface area contributed by atoms with Crippen molar-refractivity contribution in [2.75, 3.05) is 6.54 Å². The van der Waals surface area contributed by atoms with Crippen LogP contribution in [0.25, 0.3) is 5.57 Å². The highest BCUT2D eigenvalue weighted by Gasteiger charge is 2.34. The van der Waals surface area contributed by atoms with Gasteiger partial charge in [0.1, 0.15) is 12.0 Å². The Bertz CT molecular complexity index is 1020. The maximum Gasteiger partial charge on any atom is 0.326 e. The predicted octanol–water partition coefficient (Wildman–Crippen LogP) is 2.05. The lowest BCUT2D eigenvalue weighted by Gasteiger charge is -2.24. The van der Waals surface area contributed by atoms with E-state index in [1.54, 1.807) is 36.4 Å². The Kier molecular flexibility index (Phi) is 7.41. The van der Waals surface area contributed by atoms with Gasteiger partial charge in [0.2, 0.25) is 5.91 Å². The van der Waals surface area contributed by atoms with Crippen molar-refractivity contribution in [3.63, 3.8) is 0 Å². The summed E-state index contributed by atoms with van der Waals surface area (Å²) in [5, 5.41) is 12.0. The zero-order valence-electron chi connectivity index (χ0n) is 18.0. The lowest BCUT2D eigenvalue weighted by atomic mass is 9.88. The maximum absolute atomic E-state index is 12.8. The van der Waals surface area contributed by atoms with Crippen LogP contribution < -0.4 is 11.1 Å². The quantitative estimate of drug-likeness (QED) is 0.560. The van der Waals surface area contributed by atoms with Crippen molar-refractivity contribution in [1.29, 1.82) is 0 Å². The topological polar surface area (TPSA) is 130 Å². The van der Waals surface area contributed by atoms with Gasteiger partial charge in [0.15, 0.2) is 0 Å². The lowest BCUT2D eigenvalue weighted by Crippen LogP contribution is -2.40. The van der Waals surface area contributed by atoms with Crippen LogP contribution in [0.5, 0.6) is 0 Å². The molecule has 1 unspecified atom stereocenters. The number of unbranched alkanes of at least 4 members (excludes halogenated alkanes) is 1. The summed E-state index contributed by atoms with van der Waals surface area (Å²) < 4.78 is 0. The van der Waals surface area contributed by atoms with Crippen LogP contribution in [0.4, 0.5) is 0 Å². The molecule has 2 aliphatic rings. The van der Waals surface area contributed by atoms with Crippen LogP contribution in [-0.2, 0) is 14.4 Å². The Labute approximate surface area is 186 Å². The molecular formula is C24H27N3O5. The second-order valence-corrected chi connectivity index (χ2v) is 7.92. The van der Waals surface area contributed by atoms with E-state index in [0.717, 1.165) is 12.8 Å². The van der Waals surface area contributed by atoms with Gasteiger partial charge >= 0.3 is 5.97 Å². The average Bonchev–Trinajstić information content (AvgIpc) is 3.28. The van der Waals surface area contributed by atoms with E-state index < -0.39 is 18.1 Å². The molecule has 8 nitrogen and oxygen atoms in total. The molecule has 1 heterocycles. The van der Waals surface area contributed by atoms with Crippen molar-refractivity contribution in [2.24, 2.45) is 5.73 Å². The second-order valence-electron chi connectivity index (χ2n) is 7.92. The Hall–Kier alpha value is -3.48. The van der Waals surface area contributed by atoms with Crippen molar-refractivity contribution < 1.29 is 24.3 Å². The Morgan fingerprint density at radius 1 is 1.22 bits per heavy atom. The second kappa shape index (κ2) is 10.2. The van der Waals surface area contributed by atoms with Crippen LogP contribution >= 0.6 is 0 Å². The van der Waals surface area contributed by atoms with Crippen molar-refractivity contribution in [1.82, 2.24) is 10.2 Å². The summed E-state index contributed by atoms with van der Waals surface area (Å²) in [6.45, 7) is 2.40. The van der Waals surface area contributed by atoms with Crippen molar-refractivity contribution in [3.8, 4) is 0 Å². The summed E-state index contributed by atoms with van der Waals surface area (Å²) in [4.78, 5) is 49.1. The molecule has 0 saturated carbocycles. The zero-order valence-corrected chi connectivity index (χ0v) is 18.0. The number of nitrogens with zero attached hydrogens (tertiary/aromatic N) is 1. The number of carbonyl (C=O) groups excluding carboxylic acids is 3. The molecule has 2 atom stereocenters. The molecule has 2 amide bonds. The van der Waals surface area contributed by atoms with Gasteiger partial charge in [-0.15, -0.1) is 0 Å². The number of nitrogens with one attached hydrogen (secondary N) is 1. The largest absolute Gasteiger partial charge is 0.480 e. The van der Waals surface area contributed by atoms with Crippen molar-refractivity contribution >= 4 is 29.3 Å². The molecule has 3 rings (SSSR count). The van der Waals surface area contributed by atoms with Crippen LogP contribution in [0.2, 0.25) is 0 Å². The molecule has 1 aromatic rings. The molecule has 1 aliphatic heterocycles. The smallest absolute Gasteiger partial charge is 0.326 e. The van der Waals surface area contributed by atoms with Gasteiger partial charge in [-0.05, 0) is 48.6 Å². The highest BCUT2D eigenvalue weighted by molar-refractivity contribution is 5.97. The molecule has 0 spiro atoms. The van der Waals surface area contributed by atoms with E-state index in [9.17, 15) is 24.3 Å². The van der Waals surface area contributed by atoms with Gasteiger partial charge in [-0.1, -0.05) is 31.6 Å². The van der Waals surface area contributed by atoms with E-state index in [1.807, 2.05) is 12.9 Å². The third kappa shape index (κ3) is 4.88. The number of aliphatic carboxylic acids is 1. The fraction of sp³-hybridized carbons (Fsp3) is 0.375. The highest BCUT2D eigenvalue weighted by Crippen LogP contribution is 2.29. The van der Waals surface area contributed by atoms with E-state index in [0.29, 0.717) is 48.2 Å². The molecule has 8 heteroatoms. The monoisotopic (exact) mass is 437 g/mol. The van der Waals surface area contributed by atoms with Crippen molar-refractivity contribution in [3.05, 3.63) is 58.8 Å². The number of amides is 2. The number of hydrogen-bond donors (Lipinski definition) is 3. The lowest BCUT2D eigenvalue weighted by molar-refractivity contribution is -0.141. The minimum Gasteiger partial charge on any atom is -0.480 e. The summed E-state index contributed by atoms with van der Waals surface area (Å²) in [5.41, 5.74) is 8.54. The molecule has 32 heavy (non-hydrogen) atoms. The standard InChI is InChI=1S/C24H27N3O5/c1-2-3-6-21(29)26-19-12-11-17(22(25)18(19)14-28)15-7-9-16(10-8-15)23(30)27-13-4-5-20(27)24(31)32/h7-12,20,22H,2-6,13,25H2,1H3,(H,26,29)(H,31,32)/t20-,22?/m0/s1. The Morgan fingerprint density at radius 3 is 2.56 bits per heavy atom. The maximum atomic E-state index is 12.8. The molecule has 1 aliphatic carbocycles. The van der Waals surface area contributed by atoms with Gasteiger partial charge in [-0.2, -0.15) is 0 Å². The molecule has 0 radical (unpaired) electrons. The molecule has 4 N–H and O–H groups in total. The predicted molar refractivity (Wildman–Crippen MR) is 119 cm³/mol. The highest BCUT2D eigenvalue weighted by atomic mass is 16.4. The first-order chi connectivity index (χ1) is 15.4. The minimum absolute atomic E-state index is 0.161. The molecule has 1 aromatic carbocycles. The Balaban J connectivity index is 1.79. The van der Waals surface area contributed by atoms with E-state index in [-0.39, 0.29) is 17.4 Å². The first kappa shape index (κ1) is 23.2.